The number of aliphatic carboxylic acids is 1. The van der Waals surface area contributed by atoms with Gasteiger partial charge in [-0.2, -0.15) is 0 Å². The number of para-hydroxylation sites is 2. The SMILES string of the molecule is O=C(O)Cn1c2nc3ccccc3nc2c2ccc(Cl)c(Cl)c21. The van der Waals surface area contributed by atoms with E-state index in [0.29, 0.717) is 32.2 Å². The molecular formula is C16H9Cl2N3O2. The van der Waals surface area contributed by atoms with E-state index >= 15 is 0 Å². The number of rotatable bonds is 2. The lowest BCUT2D eigenvalue weighted by atomic mass is 10.2. The van der Waals surface area contributed by atoms with Gasteiger partial charge in [0.2, 0.25) is 0 Å². The molecule has 0 bridgehead atoms. The molecule has 2 heterocycles. The summed E-state index contributed by atoms with van der Waals surface area (Å²) in [7, 11) is 0. The van der Waals surface area contributed by atoms with Crippen LogP contribution in [0.3, 0.4) is 0 Å². The summed E-state index contributed by atoms with van der Waals surface area (Å²) in [5.41, 5.74) is 3.05. The van der Waals surface area contributed by atoms with Crippen molar-refractivity contribution >= 4 is 62.3 Å². The quantitative estimate of drug-likeness (QED) is 0.593. The molecule has 0 radical (unpaired) electrons. The van der Waals surface area contributed by atoms with Gasteiger partial charge in [-0.05, 0) is 24.3 Å². The summed E-state index contributed by atoms with van der Waals surface area (Å²) in [6.45, 7) is -0.271. The summed E-state index contributed by atoms with van der Waals surface area (Å²) in [6, 6.07) is 10.9. The number of aromatic nitrogens is 3. The highest BCUT2D eigenvalue weighted by Crippen LogP contribution is 2.36. The molecule has 2 aromatic carbocycles. The number of carboxylic acid groups (broad SMARTS) is 1. The van der Waals surface area contributed by atoms with E-state index in [-0.39, 0.29) is 6.54 Å². The van der Waals surface area contributed by atoms with Crippen molar-refractivity contribution in [3.63, 3.8) is 0 Å². The van der Waals surface area contributed by atoms with Crippen LogP contribution < -0.4 is 0 Å². The Morgan fingerprint density at radius 1 is 1.09 bits per heavy atom. The summed E-state index contributed by atoms with van der Waals surface area (Å²) in [5, 5.41) is 10.6. The third kappa shape index (κ3) is 2.12. The number of hydrogen-bond donors (Lipinski definition) is 1. The Morgan fingerprint density at radius 2 is 1.78 bits per heavy atom. The van der Waals surface area contributed by atoms with Crippen LogP contribution in [0.4, 0.5) is 0 Å². The molecule has 4 aromatic rings. The van der Waals surface area contributed by atoms with Crippen molar-refractivity contribution in [2.45, 2.75) is 6.54 Å². The average molecular weight is 346 g/mol. The van der Waals surface area contributed by atoms with Crippen molar-refractivity contribution in [2.75, 3.05) is 0 Å². The van der Waals surface area contributed by atoms with Crippen molar-refractivity contribution in [3.8, 4) is 0 Å². The van der Waals surface area contributed by atoms with Gasteiger partial charge >= 0.3 is 5.97 Å². The van der Waals surface area contributed by atoms with Crippen molar-refractivity contribution < 1.29 is 9.90 Å². The van der Waals surface area contributed by atoms with E-state index in [0.717, 1.165) is 10.9 Å². The van der Waals surface area contributed by atoms with Gasteiger partial charge in [0.1, 0.15) is 12.1 Å². The van der Waals surface area contributed by atoms with Gasteiger partial charge in [0, 0.05) is 5.39 Å². The maximum atomic E-state index is 11.3. The van der Waals surface area contributed by atoms with Crippen molar-refractivity contribution in [1.82, 2.24) is 14.5 Å². The summed E-state index contributed by atoms with van der Waals surface area (Å²) in [5.74, 6) is -0.991. The number of nitrogens with zero attached hydrogens (tertiary/aromatic N) is 3. The molecule has 0 unspecified atom stereocenters. The molecule has 0 spiro atoms. The molecule has 0 fully saturated rings. The zero-order valence-corrected chi connectivity index (χ0v) is 13.1. The van der Waals surface area contributed by atoms with Crippen LogP contribution in [-0.2, 0) is 11.3 Å². The van der Waals surface area contributed by atoms with Gasteiger partial charge in [-0.15, -0.1) is 0 Å². The summed E-state index contributed by atoms with van der Waals surface area (Å²) in [4.78, 5) is 20.5. The highest BCUT2D eigenvalue weighted by molar-refractivity contribution is 6.45. The van der Waals surface area contributed by atoms with Gasteiger partial charge in [-0.3, -0.25) is 4.79 Å². The third-order valence-electron chi connectivity index (χ3n) is 3.70. The summed E-state index contributed by atoms with van der Waals surface area (Å²) < 4.78 is 1.54. The minimum absolute atomic E-state index is 0.271. The molecule has 2 aromatic heterocycles. The number of carboxylic acids is 1. The largest absolute Gasteiger partial charge is 0.480 e. The zero-order chi connectivity index (χ0) is 16.1. The molecule has 0 saturated carbocycles. The number of carbonyl (C=O) groups is 1. The molecule has 0 aliphatic heterocycles. The number of halogens is 2. The van der Waals surface area contributed by atoms with Crippen LogP contribution in [-0.4, -0.2) is 25.6 Å². The Bertz CT molecular complexity index is 1110. The minimum Gasteiger partial charge on any atom is -0.480 e. The van der Waals surface area contributed by atoms with Crippen LogP contribution in [0.5, 0.6) is 0 Å². The Hall–Kier alpha value is -2.37. The average Bonchev–Trinajstić information content (AvgIpc) is 2.82. The van der Waals surface area contributed by atoms with Crippen molar-refractivity contribution in [1.29, 1.82) is 0 Å². The minimum atomic E-state index is -0.991. The van der Waals surface area contributed by atoms with E-state index in [4.69, 9.17) is 23.2 Å². The monoisotopic (exact) mass is 345 g/mol. The lowest BCUT2D eigenvalue weighted by Crippen LogP contribution is -2.09. The second kappa shape index (κ2) is 5.08. The van der Waals surface area contributed by atoms with Gasteiger partial charge < -0.3 is 9.67 Å². The smallest absolute Gasteiger partial charge is 0.323 e. The first-order valence-electron chi connectivity index (χ1n) is 6.81. The van der Waals surface area contributed by atoms with Crippen LogP contribution in [0.1, 0.15) is 0 Å². The first kappa shape index (κ1) is 14.2. The maximum Gasteiger partial charge on any atom is 0.323 e. The van der Waals surface area contributed by atoms with Crippen LogP contribution in [0.15, 0.2) is 36.4 Å². The molecule has 114 valence electrons. The second-order valence-corrected chi connectivity index (χ2v) is 5.91. The summed E-state index contributed by atoms with van der Waals surface area (Å²) >= 11 is 12.4. The third-order valence-corrected chi connectivity index (χ3v) is 4.49. The Kier molecular flexibility index (Phi) is 3.14. The molecule has 5 nitrogen and oxygen atoms in total. The van der Waals surface area contributed by atoms with Crippen LogP contribution in [0, 0.1) is 0 Å². The first-order valence-corrected chi connectivity index (χ1v) is 7.56. The van der Waals surface area contributed by atoms with E-state index in [9.17, 15) is 9.90 Å². The van der Waals surface area contributed by atoms with Gasteiger partial charge in [0.25, 0.3) is 0 Å². The van der Waals surface area contributed by atoms with E-state index < -0.39 is 5.97 Å². The molecule has 23 heavy (non-hydrogen) atoms. The Labute approximate surface area is 140 Å². The van der Waals surface area contributed by atoms with E-state index in [1.165, 1.54) is 0 Å². The molecule has 0 amide bonds. The van der Waals surface area contributed by atoms with Crippen LogP contribution in [0.25, 0.3) is 33.1 Å². The number of fused-ring (bicyclic) bond motifs is 4. The second-order valence-electron chi connectivity index (χ2n) is 5.12. The number of benzene rings is 2. The molecule has 0 saturated heterocycles. The van der Waals surface area contributed by atoms with Crippen LogP contribution in [0.2, 0.25) is 10.0 Å². The predicted molar refractivity (Wildman–Crippen MR) is 90.2 cm³/mol. The van der Waals surface area contributed by atoms with E-state index in [1.54, 1.807) is 16.7 Å². The van der Waals surface area contributed by atoms with Crippen molar-refractivity contribution in [3.05, 3.63) is 46.4 Å². The summed E-state index contributed by atoms with van der Waals surface area (Å²) in [6.07, 6.45) is 0. The number of hydrogen-bond acceptors (Lipinski definition) is 3. The molecule has 4 rings (SSSR count). The fraction of sp³-hybridized carbons (Fsp3) is 0.0625. The molecular weight excluding hydrogens is 337 g/mol. The lowest BCUT2D eigenvalue weighted by Gasteiger charge is -2.05. The van der Waals surface area contributed by atoms with E-state index in [2.05, 4.69) is 9.97 Å². The van der Waals surface area contributed by atoms with Gasteiger partial charge in [-0.1, -0.05) is 35.3 Å². The normalized spacial score (nSPS) is 11.6. The molecule has 7 heteroatoms. The first-order chi connectivity index (χ1) is 11.1. The van der Waals surface area contributed by atoms with Crippen LogP contribution >= 0.6 is 23.2 Å². The Balaban J connectivity index is 2.24. The zero-order valence-electron chi connectivity index (χ0n) is 11.6. The van der Waals surface area contributed by atoms with Crippen molar-refractivity contribution in [2.24, 2.45) is 0 Å². The molecule has 1 N–H and O–H groups in total. The molecule has 0 aliphatic rings. The van der Waals surface area contributed by atoms with E-state index in [1.807, 2.05) is 24.3 Å². The topological polar surface area (TPSA) is 68.0 Å². The van der Waals surface area contributed by atoms with Gasteiger partial charge in [0.15, 0.2) is 5.65 Å². The Morgan fingerprint density at radius 3 is 2.48 bits per heavy atom. The standard InChI is InChI=1S/C16H9Cl2N3O2/c17-9-6-5-8-14-16(20-11-4-2-1-3-10(11)19-14)21(7-12(22)23)15(8)13(9)18/h1-6H,7H2,(H,22,23). The maximum absolute atomic E-state index is 11.3. The lowest BCUT2D eigenvalue weighted by molar-refractivity contribution is -0.137. The highest BCUT2D eigenvalue weighted by atomic mass is 35.5. The molecule has 0 aliphatic carbocycles. The fourth-order valence-corrected chi connectivity index (χ4v) is 3.17. The van der Waals surface area contributed by atoms with Gasteiger partial charge in [-0.25, -0.2) is 9.97 Å². The predicted octanol–water partition coefficient (Wildman–Crippen LogP) is 4.13. The van der Waals surface area contributed by atoms with Gasteiger partial charge in [0.05, 0.1) is 26.6 Å². The molecule has 0 atom stereocenters. The highest BCUT2D eigenvalue weighted by Gasteiger charge is 2.19. The fourth-order valence-electron chi connectivity index (χ4n) is 2.75.